The molecule has 0 saturated heterocycles. The highest BCUT2D eigenvalue weighted by Gasteiger charge is 2.11. The van der Waals surface area contributed by atoms with Crippen LogP contribution in [0.5, 0.6) is 5.75 Å². The molecule has 1 amide bonds. The molecule has 0 saturated carbocycles. The van der Waals surface area contributed by atoms with Crippen LogP contribution >= 0.6 is 0 Å². The third-order valence-electron chi connectivity index (χ3n) is 3.73. The van der Waals surface area contributed by atoms with Gasteiger partial charge in [0.05, 0.1) is 12.7 Å². The van der Waals surface area contributed by atoms with Crippen molar-refractivity contribution in [1.29, 1.82) is 0 Å². The number of aryl methyl sites for hydroxylation is 2. The van der Waals surface area contributed by atoms with Crippen LogP contribution in [0.4, 0.5) is 17.3 Å². The Balaban J connectivity index is 1.70. The van der Waals surface area contributed by atoms with Gasteiger partial charge in [-0.3, -0.25) is 4.79 Å². The van der Waals surface area contributed by atoms with Gasteiger partial charge in [-0.2, -0.15) is 0 Å². The number of nitrogens with zero attached hydrogens (tertiary/aromatic N) is 2. The Kier molecular flexibility index (Phi) is 5.12. The Morgan fingerprint density at radius 1 is 0.923 bits per heavy atom. The second-order valence-electron chi connectivity index (χ2n) is 5.83. The molecular formula is C20H20N4O2. The van der Waals surface area contributed by atoms with E-state index in [0.717, 1.165) is 17.1 Å². The van der Waals surface area contributed by atoms with Gasteiger partial charge in [0.25, 0.3) is 5.91 Å². The summed E-state index contributed by atoms with van der Waals surface area (Å²) in [4.78, 5) is 21.1. The lowest BCUT2D eigenvalue weighted by atomic mass is 10.2. The van der Waals surface area contributed by atoms with Crippen molar-refractivity contribution in [3.63, 3.8) is 0 Å². The Morgan fingerprint density at radius 2 is 1.54 bits per heavy atom. The monoisotopic (exact) mass is 348 g/mol. The zero-order chi connectivity index (χ0) is 18.5. The minimum Gasteiger partial charge on any atom is -0.496 e. The van der Waals surface area contributed by atoms with E-state index in [1.165, 1.54) is 0 Å². The third-order valence-corrected chi connectivity index (χ3v) is 3.73. The summed E-state index contributed by atoms with van der Waals surface area (Å²) in [6.45, 7) is 3.85. The zero-order valence-corrected chi connectivity index (χ0v) is 14.9. The molecular weight excluding hydrogens is 328 g/mol. The standard InChI is InChI=1S/C20H20N4O2/c1-13-12-14(2)22-20(21-13)24-16-10-8-15(9-11-16)23-19(25)17-6-4-5-7-18(17)26-3/h4-12H,1-3H3,(H,23,25)(H,21,22,24). The molecule has 0 fully saturated rings. The maximum Gasteiger partial charge on any atom is 0.259 e. The summed E-state index contributed by atoms with van der Waals surface area (Å²) in [5, 5.41) is 6.03. The Labute approximate surface area is 152 Å². The van der Waals surface area contributed by atoms with Crippen molar-refractivity contribution < 1.29 is 9.53 Å². The van der Waals surface area contributed by atoms with Gasteiger partial charge >= 0.3 is 0 Å². The fraction of sp³-hybridized carbons (Fsp3) is 0.150. The molecule has 1 heterocycles. The van der Waals surface area contributed by atoms with E-state index < -0.39 is 0 Å². The minimum atomic E-state index is -0.221. The van der Waals surface area contributed by atoms with E-state index in [-0.39, 0.29) is 5.91 Å². The minimum absolute atomic E-state index is 0.221. The number of rotatable bonds is 5. The van der Waals surface area contributed by atoms with Crippen molar-refractivity contribution in [2.24, 2.45) is 0 Å². The van der Waals surface area contributed by atoms with E-state index in [4.69, 9.17) is 4.74 Å². The number of hydrogen-bond donors (Lipinski definition) is 2. The van der Waals surface area contributed by atoms with Crippen molar-refractivity contribution in [2.45, 2.75) is 13.8 Å². The van der Waals surface area contributed by atoms with E-state index in [9.17, 15) is 4.79 Å². The molecule has 2 aromatic carbocycles. The molecule has 132 valence electrons. The molecule has 0 aliphatic carbocycles. The largest absolute Gasteiger partial charge is 0.496 e. The van der Waals surface area contributed by atoms with Crippen LogP contribution < -0.4 is 15.4 Å². The molecule has 0 aliphatic heterocycles. The van der Waals surface area contributed by atoms with E-state index in [2.05, 4.69) is 20.6 Å². The fourth-order valence-corrected chi connectivity index (χ4v) is 2.58. The van der Waals surface area contributed by atoms with Gasteiger partial charge in [-0.1, -0.05) is 12.1 Å². The lowest BCUT2D eigenvalue weighted by Gasteiger charge is -2.10. The van der Waals surface area contributed by atoms with Gasteiger partial charge in [-0.05, 0) is 56.3 Å². The van der Waals surface area contributed by atoms with Crippen LogP contribution in [-0.4, -0.2) is 23.0 Å². The van der Waals surface area contributed by atoms with Crippen molar-refractivity contribution in [3.8, 4) is 5.75 Å². The van der Waals surface area contributed by atoms with Gasteiger partial charge in [-0.25, -0.2) is 9.97 Å². The Morgan fingerprint density at radius 3 is 2.19 bits per heavy atom. The smallest absolute Gasteiger partial charge is 0.259 e. The normalized spacial score (nSPS) is 10.3. The number of aromatic nitrogens is 2. The first-order chi connectivity index (χ1) is 12.5. The van der Waals surface area contributed by atoms with Gasteiger partial charge in [-0.15, -0.1) is 0 Å². The number of methoxy groups -OCH3 is 1. The first-order valence-corrected chi connectivity index (χ1v) is 8.19. The summed E-state index contributed by atoms with van der Waals surface area (Å²) in [5.41, 5.74) is 3.82. The average molecular weight is 348 g/mol. The summed E-state index contributed by atoms with van der Waals surface area (Å²) in [6, 6.07) is 16.4. The maximum absolute atomic E-state index is 12.4. The van der Waals surface area contributed by atoms with Crippen molar-refractivity contribution >= 4 is 23.2 Å². The van der Waals surface area contributed by atoms with Gasteiger partial charge < -0.3 is 15.4 Å². The number of nitrogens with one attached hydrogen (secondary N) is 2. The highest BCUT2D eigenvalue weighted by molar-refractivity contribution is 6.06. The highest BCUT2D eigenvalue weighted by atomic mass is 16.5. The first-order valence-electron chi connectivity index (χ1n) is 8.19. The number of ether oxygens (including phenoxy) is 1. The lowest BCUT2D eigenvalue weighted by molar-refractivity contribution is 0.102. The summed E-state index contributed by atoms with van der Waals surface area (Å²) < 4.78 is 5.22. The number of benzene rings is 2. The number of hydrogen-bond acceptors (Lipinski definition) is 5. The fourth-order valence-electron chi connectivity index (χ4n) is 2.58. The zero-order valence-electron chi connectivity index (χ0n) is 14.9. The Bertz CT molecular complexity index is 903. The average Bonchev–Trinajstić information content (AvgIpc) is 2.62. The Hall–Kier alpha value is -3.41. The quantitative estimate of drug-likeness (QED) is 0.726. The van der Waals surface area contributed by atoms with Crippen molar-refractivity contribution in [2.75, 3.05) is 17.7 Å². The molecule has 26 heavy (non-hydrogen) atoms. The van der Waals surface area contributed by atoms with Gasteiger partial charge in [0.1, 0.15) is 5.75 Å². The molecule has 0 unspecified atom stereocenters. The molecule has 6 heteroatoms. The van der Waals surface area contributed by atoms with Gasteiger partial charge in [0, 0.05) is 22.8 Å². The molecule has 1 aromatic heterocycles. The van der Waals surface area contributed by atoms with E-state index in [1.54, 1.807) is 25.3 Å². The van der Waals surface area contributed by atoms with Crippen LogP contribution in [0, 0.1) is 13.8 Å². The SMILES string of the molecule is COc1ccccc1C(=O)Nc1ccc(Nc2nc(C)cc(C)n2)cc1. The molecule has 0 radical (unpaired) electrons. The molecule has 6 nitrogen and oxygen atoms in total. The third kappa shape index (κ3) is 4.16. The predicted octanol–water partition coefficient (Wildman–Crippen LogP) is 4.10. The number of anilines is 3. The van der Waals surface area contributed by atoms with E-state index >= 15 is 0 Å². The second-order valence-corrected chi connectivity index (χ2v) is 5.83. The molecule has 0 spiro atoms. The highest BCUT2D eigenvalue weighted by Crippen LogP contribution is 2.21. The number of carbonyl (C=O) groups excluding carboxylic acids is 1. The number of amides is 1. The molecule has 0 bridgehead atoms. The summed E-state index contributed by atoms with van der Waals surface area (Å²) in [6.07, 6.45) is 0. The van der Waals surface area contributed by atoms with Crippen LogP contribution in [0.25, 0.3) is 0 Å². The van der Waals surface area contributed by atoms with E-state index in [1.807, 2.05) is 50.2 Å². The number of carbonyl (C=O) groups is 1. The van der Waals surface area contributed by atoms with Crippen molar-refractivity contribution in [1.82, 2.24) is 9.97 Å². The maximum atomic E-state index is 12.4. The molecule has 2 N–H and O–H groups in total. The second kappa shape index (κ2) is 7.65. The van der Waals surface area contributed by atoms with Crippen LogP contribution in [0.2, 0.25) is 0 Å². The number of para-hydroxylation sites is 1. The summed E-state index contributed by atoms with van der Waals surface area (Å²) >= 11 is 0. The molecule has 3 aromatic rings. The molecule has 3 rings (SSSR count). The van der Waals surface area contributed by atoms with Gasteiger partial charge in [0.15, 0.2) is 0 Å². The van der Waals surface area contributed by atoms with Crippen LogP contribution in [0.3, 0.4) is 0 Å². The van der Waals surface area contributed by atoms with E-state index in [0.29, 0.717) is 22.9 Å². The lowest BCUT2D eigenvalue weighted by Crippen LogP contribution is -2.13. The van der Waals surface area contributed by atoms with Crippen LogP contribution in [-0.2, 0) is 0 Å². The first kappa shape index (κ1) is 17.4. The topological polar surface area (TPSA) is 76.1 Å². The summed E-state index contributed by atoms with van der Waals surface area (Å²) in [7, 11) is 1.54. The van der Waals surface area contributed by atoms with Crippen molar-refractivity contribution in [3.05, 3.63) is 71.5 Å². The summed E-state index contributed by atoms with van der Waals surface area (Å²) in [5.74, 6) is 0.865. The van der Waals surface area contributed by atoms with Gasteiger partial charge in [0.2, 0.25) is 5.95 Å². The predicted molar refractivity (Wildman–Crippen MR) is 102 cm³/mol. The van der Waals surface area contributed by atoms with Crippen LogP contribution in [0.1, 0.15) is 21.7 Å². The molecule has 0 aliphatic rings. The van der Waals surface area contributed by atoms with Crippen LogP contribution in [0.15, 0.2) is 54.6 Å². The molecule has 0 atom stereocenters.